The number of rotatable bonds is 4. The van der Waals surface area contributed by atoms with Crippen LogP contribution in [0.5, 0.6) is 0 Å². The van der Waals surface area contributed by atoms with Crippen molar-refractivity contribution in [3.63, 3.8) is 0 Å². The number of carbonyl (C=O) groups is 2. The molecule has 3 aromatic rings. The first kappa shape index (κ1) is 17.1. The summed E-state index contributed by atoms with van der Waals surface area (Å²) in [5, 5.41) is 12.5. The van der Waals surface area contributed by atoms with Gasteiger partial charge in [0.2, 0.25) is 0 Å². The van der Waals surface area contributed by atoms with E-state index in [9.17, 15) is 9.59 Å². The van der Waals surface area contributed by atoms with Gasteiger partial charge < -0.3 is 15.4 Å². The Balaban J connectivity index is 1.74. The van der Waals surface area contributed by atoms with E-state index in [4.69, 9.17) is 16.7 Å². The molecule has 3 N–H and O–H groups in total. The molecule has 5 nitrogen and oxygen atoms in total. The molecule has 2 heterocycles. The van der Waals surface area contributed by atoms with Crippen molar-refractivity contribution < 1.29 is 14.7 Å². The number of benzene rings is 2. The Bertz CT molecular complexity index is 1100. The molecule has 1 aromatic heterocycles. The second kappa shape index (κ2) is 6.78. The van der Waals surface area contributed by atoms with Crippen LogP contribution in [-0.4, -0.2) is 22.0 Å². The number of allylic oxidation sites excluding steroid dienone is 1. The number of amides is 1. The first-order chi connectivity index (χ1) is 13.0. The van der Waals surface area contributed by atoms with E-state index in [1.54, 1.807) is 12.1 Å². The SMILES string of the molecule is O=C1Nc2cccc(-c3cccc(Cl)c3)c2C1=CCc1ccc(C(=O)O)[nH]1. The average molecular weight is 379 g/mol. The number of hydrogen-bond donors (Lipinski definition) is 3. The highest BCUT2D eigenvalue weighted by atomic mass is 35.5. The van der Waals surface area contributed by atoms with Crippen molar-refractivity contribution in [3.05, 3.63) is 82.6 Å². The maximum Gasteiger partial charge on any atom is 0.352 e. The maximum absolute atomic E-state index is 12.5. The molecule has 1 amide bonds. The standard InChI is InChI=1S/C21H15ClN2O3/c22-13-4-1-3-12(11-13)15-5-2-6-17-19(15)16(20(25)24-17)9-7-14-8-10-18(23-14)21(26)27/h1-6,8-11,23H,7H2,(H,24,25)(H,26,27). The van der Waals surface area contributed by atoms with Crippen molar-refractivity contribution >= 4 is 34.7 Å². The minimum Gasteiger partial charge on any atom is -0.477 e. The number of nitrogens with one attached hydrogen (secondary N) is 2. The number of carboxylic acid groups (broad SMARTS) is 1. The van der Waals surface area contributed by atoms with Gasteiger partial charge in [0.25, 0.3) is 5.91 Å². The van der Waals surface area contributed by atoms with Crippen molar-refractivity contribution in [1.82, 2.24) is 4.98 Å². The van der Waals surface area contributed by atoms with Gasteiger partial charge in [-0.15, -0.1) is 0 Å². The molecule has 1 aliphatic rings. The number of aromatic carboxylic acids is 1. The molecule has 0 saturated carbocycles. The zero-order valence-electron chi connectivity index (χ0n) is 14.1. The van der Waals surface area contributed by atoms with E-state index in [1.165, 1.54) is 6.07 Å². The molecule has 0 saturated heterocycles. The lowest BCUT2D eigenvalue weighted by atomic mass is 9.94. The minimum absolute atomic E-state index is 0.124. The lowest BCUT2D eigenvalue weighted by Gasteiger charge is -2.09. The fourth-order valence-corrected chi connectivity index (χ4v) is 3.43. The van der Waals surface area contributed by atoms with Crippen molar-refractivity contribution in [2.75, 3.05) is 5.32 Å². The number of carboxylic acids is 1. The molecule has 4 rings (SSSR count). The highest BCUT2D eigenvalue weighted by Gasteiger charge is 2.27. The Morgan fingerprint density at radius 3 is 2.67 bits per heavy atom. The second-order valence-corrected chi connectivity index (χ2v) is 6.65. The van der Waals surface area contributed by atoms with Crippen molar-refractivity contribution in [2.45, 2.75) is 6.42 Å². The third-order valence-corrected chi connectivity index (χ3v) is 4.70. The van der Waals surface area contributed by atoms with Gasteiger partial charge in [-0.05, 0) is 41.5 Å². The second-order valence-electron chi connectivity index (χ2n) is 6.22. The Kier molecular flexibility index (Phi) is 4.30. The van der Waals surface area contributed by atoms with Crippen LogP contribution in [0.4, 0.5) is 5.69 Å². The number of fused-ring (bicyclic) bond motifs is 1. The fraction of sp³-hybridized carbons (Fsp3) is 0.0476. The summed E-state index contributed by atoms with van der Waals surface area (Å²) in [6, 6.07) is 16.4. The summed E-state index contributed by atoms with van der Waals surface area (Å²) in [5.74, 6) is -1.19. The molecular formula is C21H15ClN2O3. The molecule has 134 valence electrons. The molecule has 27 heavy (non-hydrogen) atoms. The first-order valence-electron chi connectivity index (χ1n) is 8.35. The Morgan fingerprint density at radius 2 is 1.93 bits per heavy atom. The van der Waals surface area contributed by atoms with Gasteiger partial charge in [-0.3, -0.25) is 4.79 Å². The van der Waals surface area contributed by atoms with Gasteiger partial charge in [-0.1, -0.05) is 41.9 Å². The molecule has 0 fully saturated rings. The summed E-state index contributed by atoms with van der Waals surface area (Å²) in [6.07, 6.45) is 2.23. The summed E-state index contributed by atoms with van der Waals surface area (Å²) in [7, 11) is 0. The summed E-state index contributed by atoms with van der Waals surface area (Å²) in [6.45, 7) is 0. The largest absolute Gasteiger partial charge is 0.477 e. The fourth-order valence-electron chi connectivity index (χ4n) is 3.24. The number of carbonyl (C=O) groups excluding carboxylic acids is 1. The molecule has 0 unspecified atom stereocenters. The number of anilines is 1. The van der Waals surface area contributed by atoms with Crippen molar-refractivity contribution in [2.24, 2.45) is 0 Å². The molecule has 2 aromatic carbocycles. The van der Waals surface area contributed by atoms with Crippen LogP contribution < -0.4 is 5.32 Å². The average Bonchev–Trinajstić information content (AvgIpc) is 3.23. The Morgan fingerprint density at radius 1 is 1.11 bits per heavy atom. The van der Waals surface area contributed by atoms with Crippen LogP contribution in [-0.2, 0) is 11.2 Å². The van der Waals surface area contributed by atoms with Crippen LogP contribution in [0.25, 0.3) is 16.7 Å². The van der Waals surface area contributed by atoms with E-state index in [-0.39, 0.29) is 11.6 Å². The Labute approximate surface area is 160 Å². The zero-order valence-corrected chi connectivity index (χ0v) is 14.9. The van der Waals surface area contributed by atoms with Crippen LogP contribution in [0.1, 0.15) is 21.7 Å². The summed E-state index contributed by atoms with van der Waals surface area (Å²) in [5.41, 5.74) is 4.83. The van der Waals surface area contributed by atoms with Gasteiger partial charge in [0.15, 0.2) is 0 Å². The lowest BCUT2D eigenvalue weighted by Crippen LogP contribution is -2.04. The maximum atomic E-state index is 12.5. The van der Waals surface area contributed by atoms with Crippen LogP contribution in [0, 0.1) is 0 Å². The third-order valence-electron chi connectivity index (χ3n) is 4.47. The number of hydrogen-bond acceptors (Lipinski definition) is 2. The van der Waals surface area contributed by atoms with Crippen LogP contribution in [0.2, 0.25) is 5.02 Å². The van der Waals surface area contributed by atoms with E-state index < -0.39 is 5.97 Å². The molecule has 0 bridgehead atoms. The summed E-state index contributed by atoms with van der Waals surface area (Å²) >= 11 is 6.13. The van der Waals surface area contributed by atoms with Gasteiger partial charge in [-0.2, -0.15) is 0 Å². The van der Waals surface area contributed by atoms with Gasteiger partial charge in [0, 0.05) is 34.0 Å². The van der Waals surface area contributed by atoms with E-state index >= 15 is 0 Å². The molecule has 0 aliphatic carbocycles. The van der Waals surface area contributed by atoms with E-state index in [1.807, 2.05) is 42.5 Å². The Hall–Kier alpha value is -3.31. The monoisotopic (exact) mass is 378 g/mol. The quantitative estimate of drug-likeness (QED) is 0.580. The van der Waals surface area contributed by atoms with Gasteiger partial charge >= 0.3 is 5.97 Å². The number of aromatic amines is 1. The number of halogens is 1. The van der Waals surface area contributed by atoms with Gasteiger partial charge in [-0.25, -0.2) is 4.79 Å². The molecule has 1 aliphatic heterocycles. The van der Waals surface area contributed by atoms with E-state index in [0.29, 0.717) is 17.0 Å². The topological polar surface area (TPSA) is 82.2 Å². The van der Waals surface area contributed by atoms with Crippen LogP contribution in [0.3, 0.4) is 0 Å². The molecular weight excluding hydrogens is 364 g/mol. The van der Waals surface area contributed by atoms with E-state index in [2.05, 4.69) is 10.3 Å². The predicted molar refractivity (Wildman–Crippen MR) is 105 cm³/mol. The molecule has 6 heteroatoms. The molecule has 0 spiro atoms. The molecule has 0 atom stereocenters. The molecule has 0 radical (unpaired) electrons. The minimum atomic E-state index is -1.01. The first-order valence-corrected chi connectivity index (χ1v) is 8.73. The zero-order chi connectivity index (χ0) is 19.0. The number of H-pyrrole nitrogens is 1. The summed E-state index contributed by atoms with van der Waals surface area (Å²) in [4.78, 5) is 26.3. The van der Waals surface area contributed by atoms with Crippen molar-refractivity contribution in [3.8, 4) is 11.1 Å². The predicted octanol–water partition coefficient (Wildman–Crippen LogP) is 4.61. The normalized spacial score (nSPS) is 14.3. The lowest BCUT2D eigenvalue weighted by molar-refractivity contribution is -0.110. The van der Waals surface area contributed by atoms with Crippen LogP contribution >= 0.6 is 11.6 Å². The highest BCUT2D eigenvalue weighted by Crippen LogP contribution is 2.40. The van der Waals surface area contributed by atoms with Gasteiger partial charge in [0.1, 0.15) is 5.69 Å². The van der Waals surface area contributed by atoms with E-state index in [0.717, 1.165) is 28.1 Å². The van der Waals surface area contributed by atoms with Crippen molar-refractivity contribution in [1.29, 1.82) is 0 Å². The summed E-state index contributed by atoms with van der Waals surface area (Å²) < 4.78 is 0. The highest BCUT2D eigenvalue weighted by molar-refractivity contribution is 6.33. The van der Waals surface area contributed by atoms with Gasteiger partial charge in [0.05, 0.1) is 0 Å². The number of aromatic nitrogens is 1. The smallest absolute Gasteiger partial charge is 0.352 e. The third kappa shape index (κ3) is 3.25. The van der Waals surface area contributed by atoms with Crippen LogP contribution in [0.15, 0.2) is 60.7 Å².